The van der Waals surface area contributed by atoms with Gasteiger partial charge in [0.25, 0.3) is 0 Å². The van der Waals surface area contributed by atoms with Crippen LogP contribution in [0.4, 0.5) is 5.69 Å². The molecule has 20 heavy (non-hydrogen) atoms. The molecule has 0 spiro atoms. The molecule has 6 heteroatoms. The minimum Gasteiger partial charge on any atom is -0.398 e. The van der Waals surface area contributed by atoms with Crippen LogP contribution in [0.5, 0.6) is 0 Å². The second kappa shape index (κ2) is 5.71. The van der Waals surface area contributed by atoms with Gasteiger partial charge in [-0.15, -0.1) is 0 Å². The van der Waals surface area contributed by atoms with E-state index in [1.165, 1.54) is 0 Å². The van der Waals surface area contributed by atoms with Crippen LogP contribution in [-0.4, -0.2) is 9.97 Å². The van der Waals surface area contributed by atoms with Crippen molar-refractivity contribution in [2.45, 2.75) is 9.92 Å². The molecule has 2 aromatic heterocycles. The van der Waals surface area contributed by atoms with Gasteiger partial charge in [-0.25, -0.2) is 4.98 Å². The Morgan fingerprint density at radius 2 is 1.95 bits per heavy atom. The number of aromatic nitrogens is 2. The lowest BCUT2D eigenvalue weighted by molar-refractivity contribution is 1.11. The van der Waals surface area contributed by atoms with E-state index >= 15 is 0 Å². The van der Waals surface area contributed by atoms with Gasteiger partial charge < -0.3 is 5.73 Å². The third kappa shape index (κ3) is 2.68. The zero-order chi connectivity index (χ0) is 14.1. The van der Waals surface area contributed by atoms with Gasteiger partial charge in [0.05, 0.1) is 9.99 Å². The fourth-order valence-electron chi connectivity index (χ4n) is 1.82. The number of nitrogens with zero attached hydrogens (tertiary/aromatic N) is 2. The maximum absolute atomic E-state index is 6.02. The number of rotatable bonds is 2. The maximum Gasteiger partial charge on any atom is 0.115 e. The number of hydrogen-bond donors (Lipinski definition) is 1. The Labute approximate surface area is 137 Å². The maximum atomic E-state index is 6.02. The molecule has 0 aliphatic carbocycles. The first-order valence-corrected chi connectivity index (χ1v) is 8.17. The van der Waals surface area contributed by atoms with Gasteiger partial charge in [-0.2, -0.15) is 0 Å². The van der Waals surface area contributed by atoms with E-state index in [0.717, 1.165) is 35.5 Å². The highest BCUT2D eigenvalue weighted by Crippen LogP contribution is 2.37. The number of nitrogen functional groups attached to an aromatic ring is 1. The first-order chi connectivity index (χ1) is 9.65. The molecule has 3 aromatic rings. The molecule has 2 heterocycles. The van der Waals surface area contributed by atoms with E-state index < -0.39 is 0 Å². The minimum absolute atomic E-state index is 0.721. The van der Waals surface area contributed by atoms with Crippen molar-refractivity contribution in [3.05, 3.63) is 51.7 Å². The summed E-state index contributed by atoms with van der Waals surface area (Å²) < 4.78 is 1.88. The molecular formula is C14H9Br2N3S. The molecule has 0 radical (unpaired) electrons. The topological polar surface area (TPSA) is 51.8 Å². The zero-order valence-corrected chi connectivity index (χ0v) is 14.2. The van der Waals surface area contributed by atoms with Crippen molar-refractivity contribution in [3.63, 3.8) is 0 Å². The quantitative estimate of drug-likeness (QED) is 0.611. The first-order valence-electron chi connectivity index (χ1n) is 5.77. The average molecular weight is 411 g/mol. The largest absolute Gasteiger partial charge is 0.398 e. The van der Waals surface area contributed by atoms with Crippen LogP contribution in [0, 0.1) is 0 Å². The summed E-state index contributed by atoms with van der Waals surface area (Å²) in [5, 5.41) is 1.85. The Hall–Kier alpha value is -1.11. The highest BCUT2D eigenvalue weighted by molar-refractivity contribution is 9.10. The van der Waals surface area contributed by atoms with E-state index in [4.69, 9.17) is 5.73 Å². The van der Waals surface area contributed by atoms with Crippen molar-refractivity contribution in [1.82, 2.24) is 9.97 Å². The van der Waals surface area contributed by atoms with Crippen molar-refractivity contribution >= 4 is 60.2 Å². The predicted octanol–water partition coefficient (Wildman–Crippen LogP) is 4.89. The van der Waals surface area contributed by atoms with Crippen LogP contribution in [0.15, 0.2) is 61.6 Å². The van der Waals surface area contributed by atoms with Crippen LogP contribution in [0.1, 0.15) is 0 Å². The Morgan fingerprint density at radius 3 is 2.75 bits per heavy atom. The van der Waals surface area contributed by atoms with E-state index in [1.807, 2.05) is 30.3 Å². The van der Waals surface area contributed by atoms with Crippen LogP contribution in [0.25, 0.3) is 10.9 Å². The van der Waals surface area contributed by atoms with E-state index in [1.54, 1.807) is 24.2 Å². The minimum atomic E-state index is 0.721. The SMILES string of the molecule is Nc1ccc(Sc2ncccc2Br)c2ncc(Br)cc12. The molecule has 3 rings (SSSR count). The highest BCUT2D eigenvalue weighted by Gasteiger charge is 2.10. The second-order valence-electron chi connectivity index (χ2n) is 4.10. The summed E-state index contributed by atoms with van der Waals surface area (Å²) in [6, 6.07) is 9.72. The van der Waals surface area contributed by atoms with Gasteiger partial charge in [-0.05, 0) is 62.2 Å². The van der Waals surface area contributed by atoms with Crippen LogP contribution in [0.2, 0.25) is 0 Å². The molecule has 0 saturated heterocycles. The third-order valence-electron chi connectivity index (χ3n) is 2.74. The standard InChI is InChI=1S/C14H9Br2N3S/c15-8-6-9-11(17)3-4-12(13(9)19-7-8)20-14-10(16)2-1-5-18-14/h1-7H,17H2. The number of benzene rings is 1. The lowest BCUT2D eigenvalue weighted by atomic mass is 10.2. The highest BCUT2D eigenvalue weighted by atomic mass is 79.9. The Kier molecular flexibility index (Phi) is 3.96. The molecule has 1 aromatic carbocycles. The molecule has 0 atom stereocenters. The number of fused-ring (bicyclic) bond motifs is 1. The number of anilines is 1. The molecule has 0 saturated carbocycles. The molecular weight excluding hydrogens is 402 g/mol. The summed E-state index contributed by atoms with van der Waals surface area (Å²) in [5.41, 5.74) is 7.63. The van der Waals surface area contributed by atoms with Crippen LogP contribution >= 0.6 is 43.6 Å². The summed E-state index contributed by atoms with van der Waals surface area (Å²) in [4.78, 5) is 9.87. The smallest absolute Gasteiger partial charge is 0.115 e. The number of pyridine rings is 2. The van der Waals surface area contributed by atoms with Gasteiger partial charge in [0, 0.05) is 32.8 Å². The normalized spacial score (nSPS) is 10.9. The van der Waals surface area contributed by atoms with E-state index in [9.17, 15) is 0 Å². The molecule has 100 valence electrons. The summed E-state index contributed by atoms with van der Waals surface area (Å²) in [7, 11) is 0. The monoisotopic (exact) mass is 409 g/mol. The van der Waals surface area contributed by atoms with Crippen LogP contribution in [-0.2, 0) is 0 Å². The lowest BCUT2D eigenvalue weighted by Gasteiger charge is -2.08. The average Bonchev–Trinajstić information content (AvgIpc) is 2.44. The lowest BCUT2D eigenvalue weighted by Crippen LogP contribution is -1.91. The van der Waals surface area contributed by atoms with Crippen molar-refractivity contribution < 1.29 is 0 Å². The van der Waals surface area contributed by atoms with Gasteiger partial charge in [0.1, 0.15) is 5.03 Å². The molecule has 3 nitrogen and oxygen atoms in total. The number of halogens is 2. The second-order valence-corrected chi connectivity index (χ2v) is 6.90. The van der Waals surface area contributed by atoms with Gasteiger partial charge in [-0.3, -0.25) is 4.98 Å². The zero-order valence-electron chi connectivity index (χ0n) is 10.2. The van der Waals surface area contributed by atoms with E-state index in [-0.39, 0.29) is 0 Å². The van der Waals surface area contributed by atoms with Gasteiger partial charge in [0.15, 0.2) is 0 Å². The van der Waals surface area contributed by atoms with E-state index in [2.05, 4.69) is 41.8 Å². The molecule has 0 fully saturated rings. The van der Waals surface area contributed by atoms with Crippen LogP contribution < -0.4 is 5.73 Å². The van der Waals surface area contributed by atoms with Crippen molar-refractivity contribution in [2.75, 3.05) is 5.73 Å². The molecule has 0 aliphatic rings. The predicted molar refractivity (Wildman–Crippen MR) is 89.9 cm³/mol. The van der Waals surface area contributed by atoms with Crippen molar-refractivity contribution in [1.29, 1.82) is 0 Å². The van der Waals surface area contributed by atoms with Crippen LogP contribution in [0.3, 0.4) is 0 Å². The summed E-state index contributed by atoms with van der Waals surface area (Å²) in [6.45, 7) is 0. The van der Waals surface area contributed by atoms with Gasteiger partial charge >= 0.3 is 0 Å². The number of nitrogens with two attached hydrogens (primary N) is 1. The van der Waals surface area contributed by atoms with Gasteiger partial charge in [-0.1, -0.05) is 11.8 Å². The molecule has 2 N–H and O–H groups in total. The Balaban J connectivity index is 2.13. The number of hydrogen-bond acceptors (Lipinski definition) is 4. The molecule has 0 bridgehead atoms. The molecule has 0 unspecified atom stereocenters. The first kappa shape index (κ1) is 13.9. The summed E-state index contributed by atoms with van der Waals surface area (Å²) in [5.74, 6) is 0. The molecule has 0 amide bonds. The fourth-order valence-corrected chi connectivity index (χ4v) is 3.53. The van der Waals surface area contributed by atoms with Crippen molar-refractivity contribution in [3.8, 4) is 0 Å². The summed E-state index contributed by atoms with van der Waals surface area (Å²) >= 11 is 8.50. The van der Waals surface area contributed by atoms with Crippen molar-refractivity contribution in [2.24, 2.45) is 0 Å². The Morgan fingerprint density at radius 1 is 1.10 bits per heavy atom. The fraction of sp³-hybridized carbons (Fsp3) is 0. The summed E-state index contributed by atoms with van der Waals surface area (Å²) in [6.07, 6.45) is 3.55. The molecule has 0 aliphatic heterocycles. The van der Waals surface area contributed by atoms with E-state index in [0.29, 0.717) is 0 Å². The third-order valence-corrected chi connectivity index (χ3v) is 5.15. The van der Waals surface area contributed by atoms with Gasteiger partial charge in [0.2, 0.25) is 0 Å². The Bertz CT molecular complexity index is 792.